The lowest BCUT2D eigenvalue weighted by molar-refractivity contribution is -0.914. The van der Waals surface area contributed by atoms with Crippen LogP contribution in [-0.4, -0.2) is 38.7 Å². The first kappa shape index (κ1) is 20.9. The summed E-state index contributed by atoms with van der Waals surface area (Å²) in [6.07, 6.45) is 0. The molecule has 3 aromatic rings. The highest BCUT2D eigenvalue weighted by atomic mass is 19.1. The van der Waals surface area contributed by atoms with E-state index in [0.717, 1.165) is 49.7 Å². The molecule has 1 heterocycles. The zero-order chi connectivity index (χ0) is 21.5. The molecule has 1 amide bonds. The molecule has 1 fully saturated rings. The Balaban J connectivity index is 1.24. The lowest BCUT2D eigenvalue weighted by Gasteiger charge is -2.33. The Kier molecular flexibility index (Phi) is 6.79. The topological polar surface area (TPSA) is 46.0 Å². The van der Waals surface area contributed by atoms with Crippen molar-refractivity contribution in [3.63, 3.8) is 0 Å². The summed E-state index contributed by atoms with van der Waals surface area (Å²) in [6.45, 7) is 4.45. The van der Waals surface area contributed by atoms with Crippen molar-refractivity contribution in [1.82, 2.24) is 0 Å². The second-order valence-corrected chi connectivity index (χ2v) is 7.70. The number of hydrogen-bond acceptors (Lipinski definition) is 3. The first-order valence-electron chi connectivity index (χ1n) is 10.6. The number of nitrogens with zero attached hydrogens (tertiary/aromatic N) is 1. The molecule has 1 saturated heterocycles. The van der Waals surface area contributed by atoms with Crippen LogP contribution < -0.4 is 19.9 Å². The van der Waals surface area contributed by atoms with E-state index in [0.29, 0.717) is 5.75 Å². The minimum absolute atomic E-state index is 0.0293. The van der Waals surface area contributed by atoms with Crippen LogP contribution in [0.2, 0.25) is 0 Å². The van der Waals surface area contributed by atoms with Crippen molar-refractivity contribution >= 4 is 17.3 Å². The van der Waals surface area contributed by atoms with E-state index in [2.05, 4.69) is 10.2 Å². The van der Waals surface area contributed by atoms with Gasteiger partial charge in [0.25, 0.3) is 5.91 Å². The highest BCUT2D eigenvalue weighted by Gasteiger charge is 2.21. The van der Waals surface area contributed by atoms with Gasteiger partial charge in [0.2, 0.25) is 0 Å². The van der Waals surface area contributed by atoms with Crippen LogP contribution in [0, 0.1) is 5.82 Å². The highest BCUT2D eigenvalue weighted by molar-refractivity contribution is 5.92. The molecule has 4 rings (SSSR count). The third-order valence-corrected chi connectivity index (χ3v) is 5.50. The molecule has 3 aromatic carbocycles. The van der Waals surface area contributed by atoms with E-state index in [-0.39, 0.29) is 18.3 Å². The maximum absolute atomic E-state index is 13.9. The summed E-state index contributed by atoms with van der Waals surface area (Å²) < 4.78 is 19.4. The zero-order valence-corrected chi connectivity index (χ0v) is 17.4. The molecule has 2 N–H and O–H groups in total. The number of piperazine rings is 1. The van der Waals surface area contributed by atoms with E-state index in [9.17, 15) is 9.18 Å². The third-order valence-electron chi connectivity index (χ3n) is 5.50. The Hall–Kier alpha value is -3.38. The van der Waals surface area contributed by atoms with E-state index in [4.69, 9.17) is 4.74 Å². The number of amides is 1. The SMILES string of the molecule is O=C(COc1ccccc1)Nc1ccc(N2CC[NH+](Cc3ccccc3F)CC2)cc1. The number of benzene rings is 3. The Bertz CT molecular complexity index is 987. The van der Waals surface area contributed by atoms with E-state index in [1.165, 1.54) is 11.0 Å². The fourth-order valence-electron chi connectivity index (χ4n) is 3.79. The van der Waals surface area contributed by atoms with Crippen molar-refractivity contribution in [1.29, 1.82) is 0 Å². The van der Waals surface area contributed by atoms with Gasteiger partial charge in [-0.1, -0.05) is 36.4 Å². The third kappa shape index (κ3) is 5.83. The number of nitrogens with one attached hydrogen (secondary N) is 2. The van der Waals surface area contributed by atoms with Crippen molar-refractivity contribution in [3.05, 3.63) is 90.2 Å². The molecule has 160 valence electrons. The standard InChI is InChI=1S/C25H26FN3O2/c26-24-9-5-4-6-20(24)18-28-14-16-29(17-15-28)22-12-10-21(11-13-22)27-25(30)19-31-23-7-2-1-3-8-23/h1-13H,14-19H2,(H,27,30)/p+1. The van der Waals surface area contributed by atoms with Crippen molar-refractivity contribution in [3.8, 4) is 5.75 Å². The monoisotopic (exact) mass is 420 g/mol. The molecule has 0 aliphatic carbocycles. The molecule has 0 bridgehead atoms. The fraction of sp³-hybridized carbons (Fsp3) is 0.240. The average molecular weight is 421 g/mol. The molecule has 0 radical (unpaired) electrons. The summed E-state index contributed by atoms with van der Waals surface area (Å²) in [6, 6.07) is 24.2. The molecule has 0 unspecified atom stereocenters. The van der Waals surface area contributed by atoms with Gasteiger partial charge in [0.15, 0.2) is 6.61 Å². The number of rotatable bonds is 7. The Morgan fingerprint density at radius 3 is 2.32 bits per heavy atom. The summed E-state index contributed by atoms with van der Waals surface area (Å²) in [5.41, 5.74) is 2.65. The smallest absolute Gasteiger partial charge is 0.262 e. The molecule has 0 saturated carbocycles. The largest absolute Gasteiger partial charge is 0.484 e. The van der Waals surface area contributed by atoms with E-state index >= 15 is 0 Å². The second-order valence-electron chi connectivity index (χ2n) is 7.70. The van der Waals surface area contributed by atoms with Gasteiger partial charge < -0.3 is 19.9 Å². The molecule has 31 heavy (non-hydrogen) atoms. The van der Waals surface area contributed by atoms with Gasteiger partial charge in [-0.25, -0.2) is 4.39 Å². The van der Waals surface area contributed by atoms with Crippen molar-refractivity contribution in [2.45, 2.75) is 6.54 Å². The van der Waals surface area contributed by atoms with Gasteiger partial charge >= 0.3 is 0 Å². The first-order chi connectivity index (χ1) is 15.2. The predicted molar refractivity (Wildman–Crippen MR) is 120 cm³/mol. The molecule has 5 nitrogen and oxygen atoms in total. The number of anilines is 2. The van der Waals surface area contributed by atoms with Gasteiger partial charge in [0, 0.05) is 16.9 Å². The number of ether oxygens (including phenoxy) is 1. The molecular weight excluding hydrogens is 393 g/mol. The summed E-state index contributed by atoms with van der Waals surface area (Å²) in [5, 5.41) is 2.86. The molecule has 0 spiro atoms. The van der Waals surface area contributed by atoms with Crippen molar-refractivity contribution in [2.24, 2.45) is 0 Å². The van der Waals surface area contributed by atoms with Crippen LogP contribution in [0.5, 0.6) is 5.75 Å². The minimum Gasteiger partial charge on any atom is -0.484 e. The summed E-state index contributed by atoms with van der Waals surface area (Å²) >= 11 is 0. The van der Waals surface area contributed by atoms with Crippen LogP contribution in [0.4, 0.5) is 15.8 Å². The molecule has 0 aromatic heterocycles. The number of para-hydroxylation sites is 1. The van der Waals surface area contributed by atoms with Crippen LogP contribution >= 0.6 is 0 Å². The molecule has 1 aliphatic rings. The maximum Gasteiger partial charge on any atom is 0.262 e. The minimum atomic E-state index is -0.193. The molecule has 6 heteroatoms. The van der Waals surface area contributed by atoms with Crippen LogP contribution in [0.25, 0.3) is 0 Å². The molecule has 1 aliphatic heterocycles. The average Bonchev–Trinajstić information content (AvgIpc) is 2.81. The van der Waals surface area contributed by atoms with Gasteiger partial charge in [-0.15, -0.1) is 0 Å². The van der Waals surface area contributed by atoms with Gasteiger partial charge in [0.1, 0.15) is 18.1 Å². The second kappa shape index (κ2) is 10.1. The lowest BCUT2D eigenvalue weighted by Crippen LogP contribution is -3.13. The number of quaternary nitrogens is 1. The summed E-state index contributed by atoms with van der Waals surface area (Å²) in [5.74, 6) is 0.357. The first-order valence-corrected chi connectivity index (χ1v) is 10.6. The summed E-state index contributed by atoms with van der Waals surface area (Å²) in [4.78, 5) is 15.8. The van der Waals surface area contributed by atoms with Crippen molar-refractivity contribution in [2.75, 3.05) is 43.0 Å². The number of hydrogen-bond donors (Lipinski definition) is 2. The van der Waals surface area contributed by atoms with E-state index < -0.39 is 0 Å². The fourth-order valence-corrected chi connectivity index (χ4v) is 3.79. The van der Waals surface area contributed by atoms with Crippen LogP contribution in [0.1, 0.15) is 5.56 Å². The van der Waals surface area contributed by atoms with Gasteiger partial charge in [-0.2, -0.15) is 0 Å². The Labute approximate surface area is 182 Å². The normalized spacial score (nSPS) is 14.3. The van der Waals surface area contributed by atoms with Gasteiger partial charge in [-0.05, 0) is 42.5 Å². The van der Waals surface area contributed by atoms with Gasteiger partial charge in [-0.3, -0.25) is 4.79 Å². The van der Waals surface area contributed by atoms with E-state index in [1.54, 1.807) is 6.07 Å². The maximum atomic E-state index is 13.9. The summed E-state index contributed by atoms with van der Waals surface area (Å²) in [7, 11) is 0. The Morgan fingerprint density at radius 2 is 1.61 bits per heavy atom. The number of halogens is 1. The lowest BCUT2D eigenvalue weighted by atomic mass is 10.1. The zero-order valence-electron chi connectivity index (χ0n) is 17.4. The highest BCUT2D eigenvalue weighted by Crippen LogP contribution is 2.18. The molecule has 0 atom stereocenters. The van der Waals surface area contributed by atoms with Crippen LogP contribution in [0.3, 0.4) is 0 Å². The number of carbonyl (C=O) groups is 1. The molecular formula is C25H27FN3O2+. The van der Waals surface area contributed by atoms with Gasteiger partial charge in [0.05, 0.1) is 26.2 Å². The Morgan fingerprint density at radius 1 is 0.935 bits per heavy atom. The predicted octanol–water partition coefficient (Wildman–Crippen LogP) is 2.75. The van der Waals surface area contributed by atoms with Crippen molar-refractivity contribution < 1.29 is 18.8 Å². The van der Waals surface area contributed by atoms with Crippen LogP contribution in [0.15, 0.2) is 78.9 Å². The van der Waals surface area contributed by atoms with E-state index in [1.807, 2.05) is 66.7 Å². The van der Waals surface area contributed by atoms with Crippen LogP contribution in [-0.2, 0) is 11.3 Å². The number of carbonyl (C=O) groups excluding carboxylic acids is 1. The quantitative estimate of drug-likeness (QED) is 0.618.